The number of rotatable bonds is 7. The maximum Gasteiger partial charge on any atom is 0.0967 e. The van der Waals surface area contributed by atoms with Crippen LogP contribution < -0.4 is 5.73 Å². The second kappa shape index (κ2) is 7.01. The number of hydrogen-bond acceptors (Lipinski definition) is 4. The van der Waals surface area contributed by atoms with Gasteiger partial charge in [-0.1, -0.05) is 35.5 Å². The van der Waals surface area contributed by atoms with E-state index in [2.05, 4.69) is 39.5 Å². The van der Waals surface area contributed by atoms with Crippen LogP contribution in [0.1, 0.15) is 17.7 Å². The SMILES string of the molecule is Cn1cc(CN(CCCN)Cc2ccccc2)nn1. The van der Waals surface area contributed by atoms with Crippen LogP contribution in [-0.2, 0) is 20.1 Å². The first-order valence-corrected chi connectivity index (χ1v) is 6.59. The molecule has 0 bridgehead atoms. The summed E-state index contributed by atoms with van der Waals surface area (Å²) in [5, 5.41) is 8.12. The number of hydrogen-bond donors (Lipinski definition) is 1. The lowest BCUT2D eigenvalue weighted by Crippen LogP contribution is -2.25. The Kier molecular flexibility index (Phi) is 5.06. The van der Waals surface area contributed by atoms with Gasteiger partial charge in [0.15, 0.2) is 0 Å². The Morgan fingerprint density at radius 3 is 2.63 bits per heavy atom. The predicted octanol–water partition coefficient (Wildman–Crippen LogP) is 1.17. The maximum absolute atomic E-state index is 5.61. The molecule has 2 N–H and O–H groups in total. The molecule has 2 aromatic rings. The molecule has 5 heteroatoms. The summed E-state index contributed by atoms with van der Waals surface area (Å²) in [7, 11) is 1.89. The number of nitrogens with two attached hydrogens (primary N) is 1. The highest BCUT2D eigenvalue weighted by atomic mass is 15.4. The number of aromatic nitrogens is 3. The molecule has 5 nitrogen and oxygen atoms in total. The van der Waals surface area contributed by atoms with E-state index < -0.39 is 0 Å². The van der Waals surface area contributed by atoms with Crippen molar-refractivity contribution in [2.24, 2.45) is 12.8 Å². The summed E-state index contributed by atoms with van der Waals surface area (Å²) < 4.78 is 1.74. The molecular formula is C14H21N5. The number of aryl methyl sites for hydroxylation is 1. The monoisotopic (exact) mass is 259 g/mol. The normalized spacial score (nSPS) is 11.1. The Morgan fingerprint density at radius 1 is 1.21 bits per heavy atom. The van der Waals surface area contributed by atoms with Crippen LogP contribution in [0.5, 0.6) is 0 Å². The number of nitrogens with zero attached hydrogens (tertiary/aromatic N) is 4. The molecule has 0 saturated carbocycles. The third-order valence-corrected chi connectivity index (χ3v) is 2.96. The van der Waals surface area contributed by atoms with E-state index in [0.29, 0.717) is 6.54 Å². The summed E-state index contributed by atoms with van der Waals surface area (Å²) in [4.78, 5) is 2.35. The van der Waals surface area contributed by atoms with Crippen LogP contribution in [0.25, 0.3) is 0 Å². The van der Waals surface area contributed by atoms with Crippen molar-refractivity contribution in [2.45, 2.75) is 19.5 Å². The van der Waals surface area contributed by atoms with Gasteiger partial charge in [-0.15, -0.1) is 5.10 Å². The van der Waals surface area contributed by atoms with Gasteiger partial charge in [0.05, 0.1) is 5.69 Å². The molecule has 0 amide bonds. The van der Waals surface area contributed by atoms with Crippen molar-refractivity contribution >= 4 is 0 Å². The van der Waals surface area contributed by atoms with E-state index in [1.54, 1.807) is 4.68 Å². The predicted molar refractivity (Wildman–Crippen MR) is 75.2 cm³/mol. The first-order chi connectivity index (χ1) is 9.28. The largest absolute Gasteiger partial charge is 0.330 e. The fourth-order valence-electron chi connectivity index (χ4n) is 2.07. The lowest BCUT2D eigenvalue weighted by Gasteiger charge is -2.20. The minimum absolute atomic E-state index is 0.714. The van der Waals surface area contributed by atoms with Crippen LogP contribution in [-0.4, -0.2) is 33.0 Å². The van der Waals surface area contributed by atoms with Crippen molar-refractivity contribution in [1.29, 1.82) is 0 Å². The van der Waals surface area contributed by atoms with E-state index in [1.807, 2.05) is 19.3 Å². The summed E-state index contributed by atoms with van der Waals surface area (Å²) in [6, 6.07) is 10.5. The topological polar surface area (TPSA) is 60.0 Å². The standard InChI is InChI=1S/C14H21N5/c1-18-11-14(16-17-18)12-19(9-5-8-15)10-13-6-3-2-4-7-13/h2-4,6-7,11H,5,8-10,12,15H2,1H3. The van der Waals surface area contributed by atoms with Crippen molar-refractivity contribution in [3.8, 4) is 0 Å². The smallest absolute Gasteiger partial charge is 0.0967 e. The van der Waals surface area contributed by atoms with Gasteiger partial charge in [-0.25, -0.2) is 0 Å². The second-order valence-corrected chi connectivity index (χ2v) is 4.72. The highest BCUT2D eigenvalue weighted by molar-refractivity contribution is 5.14. The van der Waals surface area contributed by atoms with Crippen molar-refractivity contribution in [2.75, 3.05) is 13.1 Å². The van der Waals surface area contributed by atoms with Gasteiger partial charge in [-0.2, -0.15) is 0 Å². The average molecular weight is 259 g/mol. The van der Waals surface area contributed by atoms with Crippen LogP contribution in [0.2, 0.25) is 0 Å². The maximum atomic E-state index is 5.61. The molecule has 2 rings (SSSR count). The molecule has 0 spiro atoms. The van der Waals surface area contributed by atoms with Crippen molar-refractivity contribution in [3.05, 3.63) is 47.8 Å². The van der Waals surface area contributed by atoms with Crippen molar-refractivity contribution in [1.82, 2.24) is 19.9 Å². The molecule has 0 fully saturated rings. The molecular weight excluding hydrogens is 238 g/mol. The molecule has 1 aromatic carbocycles. The molecule has 0 aliphatic rings. The molecule has 0 radical (unpaired) electrons. The molecule has 0 saturated heterocycles. The van der Waals surface area contributed by atoms with Gasteiger partial charge >= 0.3 is 0 Å². The zero-order valence-electron chi connectivity index (χ0n) is 11.4. The highest BCUT2D eigenvalue weighted by Crippen LogP contribution is 2.08. The number of benzene rings is 1. The van der Waals surface area contributed by atoms with Crippen LogP contribution in [0.15, 0.2) is 36.5 Å². The summed E-state index contributed by atoms with van der Waals surface area (Å²) in [5.41, 5.74) is 7.91. The lowest BCUT2D eigenvalue weighted by molar-refractivity contribution is 0.252. The minimum atomic E-state index is 0.714. The Bertz CT molecular complexity index is 480. The molecule has 0 aliphatic carbocycles. The van der Waals surface area contributed by atoms with Gasteiger partial charge in [0.25, 0.3) is 0 Å². The van der Waals surface area contributed by atoms with Gasteiger partial charge in [0, 0.05) is 32.9 Å². The van der Waals surface area contributed by atoms with Crippen LogP contribution in [0.4, 0.5) is 0 Å². The average Bonchev–Trinajstić information content (AvgIpc) is 2.82. The van der Waals surface area contributed by atoms with Gasteiger partial charge < -0.3 is 5.73 Å². The first-order valence-electron chi connectivity index (χ1n) is 6.59. The van der Waals surface area contributed by atoms with Crippen LogP contribution in [0.3, 0.4) is 0 Å². The van der Waals surface area contributed by atoms with E-state index in [4.69, 9.17) is 5.73 Å². The molecule has 1 heterocycles. The third-order valence-electron chi connectivity index (χ3n) is 2.96. The Morgan fingerprint density at radius 2 is 2.00 bits per heavy atom. The van der Waals surface area contributed by atoms with Gasteiger partial charge in [-0.3, -0.25) is 9.58 Å². The van der Waals surface area contributed by atoms with Gasteiger partial charge in [-0.05, 0) is 18.5 Å². The fourth-order valence-corrected chi connectivity index (χ4v) is 2.07. The second-order valence-electron chi connectivity index (χ2n) is 4.72. The highest BCUT2D eigenvalue weighted by Gasteiger charge is 2.09. The summed E-state index contributed by atoms with van der Waals surface area (Å²) in [5.74, 6) is 0. The quantitative estimate of drug-likeness (QED) is 0.811. The van der Waals surface area contributed by atoms with E-state index >= 15 is 0 Å². The van der Waals surface area contributed by atoms with Gasteiger partial charge in [0.2, 0.25) is 0 Å². The summed E-state index contributed by atoms with van der Waals surface area (Å²) in [6.45, 7) is 3.41. The Labute approximate surface area is 114 Å². The molecule has 19 heavy (non-hydrogen) atoms. The first kappa shape index (κ1) is 13.7. The third kappa shape index (κ3) is 4.46. The lowest BCUT2D eigenvalue weighted by atomic mass is 10.2. The molecule has 0 atom stereocenters. The zero-order valence-corrected chi connectivity index (χ0v) is 11.4. The van der Waals surface area contributed by atoms with E-state index in [1.165, 1.54) is 5.56 Å². The van der Waals surface area contributed by atoms with E-state index in [-0.39, 0.29) is 0 Å². The molecule has 0 aliphatic heterocycles. The van der Waals surface area contributed by atoms with Crippen LogP contribution >= 0.6 is 0 Å². The zero-order chi connectivity index (χ0) is 13.5. The fraction of sp³-hybridized carbons (Fsp3) is 0.429. The van der Waals surface area contributed by atoms with Gasteiger partial charge in [0.1, 0.15) is 0 Å². The molecule has 0 unspecified atom stereocenters. The summed E-state index contributed by atoms with van der Waals surface area (Å²) >= 11 is 0. The Balaban J connectivity index is 1.99. The molecule has 102 valence electrons. The van der Waals surface area contributed by atoms with E-state index in [9.17, 15) is 0 Å². The molecule has 1 aromatic heterocycles. The van der Waals surface area contributed by atoms with E-state index in [0.717, 1.165) is 31.7 Å². The Hall–Kier alpha value is -1.72. The summed E-state index contributed by atoms with van der Waals surface area (Å²) in [6.07, 6.45) is 2.95. The minimum Gasteiger partial charge on any atom is -0.330 e. The van der Waals surface area contributed by atoms with Crippen LogP contribution in [0, 0.1) is 0 Å². The van der Waals surface area contributed by atoms with Crippen molar-refractivity contribution < 1.29 is 0 Å². The van der Waals surface area contributed by atoms with Crippen molar-refractivity contribution in [3.63, 3.8) is 0 Å².